The smallest absolute Gasteiger partial charge is 0.251 e. The molecule has 210 valence electrons. The number of amides is 2. The summed E-state index contributed by atoms with van der Waals surface area (Å²) in [6.07, 6.45) is 5.45. The maximum absolute atomic E-state index is 13.2. The molecule has 2 heterocycles. The van der Waals surface area contributed by atoms with Crippen LogP contribution in [-0.2, 0) is 16.1 Å². The van der Waals surface area contributed by atoms with E-state index in [0.29, 0.717) is 37.2 Å². The van der Waals surface area contributed by atoms with Crippen molar-refractivity contribution in [2.75, 3.05) is 30.9 Å². The number of anilines is 2. The SMILES string of the molecule is COCCNC(=O)[C@@H]1C[C@@H]2CCCC[C@@H]2N1c1cc(CNC(=O)c2ccc(-c3ccc(N)cc3)cc2)cc(C)n1. The molecule has 0 unspecified atom stereocenters. The molecule has 0 radical (unpaired) electrons. The number of nitrogens with one attached hydrogen (secondary N) is 2. The molecule has 1 saturated heterocycles. The van der Waals surface area contributed by atoms with E-state index in [9.17, 15) is 9.59 Å². The summed E-state index contributed by atoms with van der Waals surface area (Å²) in [5.41, 5.74) is 11.0. The van der Waals surface area contributed by atoms with Crippen LogP contribution in [0.25, 0.3) is 11.1 Å². The van der Waals surface area contributed by atoms with Gasteiger partial charge in [0.25, 0.3) is 5.91 Å². The van der Waals surface area contributed by atoms with Crippen molar-refractivity contribution in [2.24, 2.45) is 5.92 Å². The van der Waals surface area contributed by atoms with Crippen LogP contribution in [0.1, 0.15) is 53.7 Å². The maximum Gasteiger partial charge on any atom is 0.251 e. The van der Waals surface area contributed by atoms with Crippen molar-refractivity contribution in [3.8, 4) is 11.1 Å². The fraction of sp³-hybridized carbons (Fsp3) is 0.406. The van der Waals surface area contributed by atoms with Gasteiger partial charge in [-0.05, 0) is 85.2 Å². The number of rotatable bonds is 9. The average molecular weight is 542 g/mol. The number of benzene rings is 2. The van der Waals surface area contributed by atoms with Crippen molar-refractivity contribution in [2.45, 2.75) is 57.7 Å². The Hall–Kier alpha value is -3.91. The number of hydrogen-bond acceptors (Lipinski definition) is 6. The van der Waals surface area contributed by atoms with Gasteiger partial charge >= 0.3 is 0 Å². The Balaban J connectivity index is 1.29. The van der Waals surface area contributed by atoms with Gasteiger partial charge in [-0.2, -0.15) is 0 Å². The molecule has 8 nitrogen and oxygen atoms in total. The number of pyridine rings is 1. The second-order valence-electron chi connectivity index (χ2n) is 10.9. The van der Waals surface area contributed by atoms with Gasteiger partial charge in [0.2, 0.25) is 5.91 Å². The van der Waals surface area contributed by atoms with Gasteiger partial charge in [-0.1, -0.05) is 37.1 Å². The van der Waals surface area contributed by atoms with E-state index in [1.165, 1.54) is 12.8 Å². The Morgan fingerprint density at radius 3 is 2.42 bits per heavy atom. The highest BCUT2D eigenvalue weighted by molar-refractivity contribution is 5.94. The molecule has 1 aliphatic heterocycles. The van der Waals surface area contributed by atoms with Gasteiger partial charge in [-0.15, -0.1) is 0 Å². The molecule has 2 amide bonds. The Kier molecular flexibility index (Phi) is 8.65. The summed E-state index contributed by atoms with van der Waals surface area (Å²) >= 11 is 0. The third-order valence-corrected chi connectivity index (χ3v) is 8.10. The third-order valence-electron chi connectivity index (χ3n) is 8.10. The summed E-state index contributed by atoms with van der Waals surface area (Å²) in [6.45, 7) is 3.32. The van der Waals surface area contributed by atoms with E-state index < -0.39 is 0 Å². The van der Waals surface area contributed by atoms with Crippen molar-refractivity contribution >= 4 is 23.3 Å². The fourth-order valence-electron chi connectivity index (χ4n) is 6.15. The van der Waals surface area contributed by atoms with Crippen molar-refractivity contribution < 1.29 is 14.3 Å². The molecule has 2 fully saturated rings. The van der Waals surface area contributed by atoms with Crippen LogP contribution < -0.4 is 21.3 Å². The number of hydrogen-bond donors (Lipinski definition) is 3. The third kappa shape index (κ3) is 6.28. The zero-order valence-electron chi connectivity index (χ0n) is 23.4. The van der Waals surface area contributed by atoms with Crippen molar-refractivity contribution in [3.05, 3.63) is 77.5 Å². The van der Waals surface area contributed by atoms with Crippen LogP contribution >= 0.6 is 0 Å². The molecule has 1 aromatic heterocycles. The standard InChI is InChI=1S/C32H39N5O3/c1-21-17-22(20-35-31(38)25-9-7-23(8-10-25)24-11-13-27(33)14-12-24)18-30(36-21)37-28-6-4-3-5-26(28)19-29(37)32(39)34-15-16-40-2/h7-14,17-18,26,28-29H,3-6,15-16,19-20,33H2,1-2H3,(H,34,39)(H,35,38)/t26-,28-,29-/m0/s1. The first-order valence-electron chi connectivity index (χ1n) is 14.2. The minimum atomic E-state index is -0.249. The molecular weight excluding hydrogens is 502 g/mol. The van der Waals surface area contributed by atoms with Crippen LogP contribution in [0.4, 0.5) is 11.5 Å². The van der Waals surface area contributed by atoms with E-state index in [2.05, 4.69) is 15.5 Å². The first-order valence-corrected chi connectivity index (χ1v) is 14.2. The lowest BCUT2D eigenvalue weighted by Crippen LogP contribution is -2.47. The minimum absolute atomic E-state index is 0.0343. The largest absolute Gasteiger partial charge is 0.399 e. The predicted molar refractivity (Wildman–Crippen MR) is 158 cm³/mol. The molecule has 0 spiro atoms. The highest BCUT2D eigenvalue weighted by Gasteiger charge is 2.45. The summed E-state index contributed by atoms with van der Waals surface area (Å²) in [7, 11) is 1.64. The Morgan fingerprint density at radius 2 is 1.70 bits per heavy atom. The number of carbonyl (C=O) groups excluding carboxylic acids is 2. The minimum Gasteiger partial charge on any atom is -0.399 e. The van der Waals surface area contributed by atoms with Gasteiger partial charge in [-0.3, -0.25) is 9.59 Å². The maximum atomic E-state index is 13.2. The van der Waals surface area contributed by atoms with Gasteiger partial charge in [0.1, 0.15) is 11.9 Å². The molecule has 1 saturated carbocycles. The molecule has 1 aliphatic carbocycles. The Morgan fingerprint density at radius 1 is 1.00 bits per heavy atom. The predicted octanol–water partition coefficient (Wildman–Crippen LogP) is 4.47. The van der Waals surface area contributed by atoms with E-state index in [-0.39, 0.29) is 17.9 Å². The number of carbonyl (C=O) groups is 2. The van der Waals surface area contributed by atoms with Gasteiger partial charge in [-0.25, -0.2) is 4.98 Å². The van der Waals surface area contributed by atoms with Crippen molar-refractivity contribution in [1.82, 2.24) is 15.6 Å². The van der Waals surface area contributed by atoms with Crippen LogP contribution in [0.2, 0.25) is 0 Å². The lowest BCUT2D eigenvalue weighted by atomic mass is 9.84. The van der Waals surface area contributed by atoms with E-state index in [0.717, 1.165) is 53.2 Å². The number of nitrogen functional groups attached to an aromatic ring is 1. The lowest BCUT2D eigenvalue weighted by molar-refractivity contribution is -0.122. The number of nitrogens with two attached hydrogens (primary N) is 1. The van der Waals surface area contributed by atoms with Crippen LogP contribution in [-0.4, -0.2) is 49.1 Å². The second kappa shape index (κ2) is 12.5. The van der Waals surface area contributed by atoms with Crippen LogP contribution in [0.3, 0.4) is 0 Å². The van der Waals surface area contributed by atoms with Gasteiger partial charge in [0.15, 0.2) is 0 Å². The molecule has 3 atom stereocenters. The van der Waals surface area contributed by atoms with Crippen molar-refractivity contribution in [1.29, 1.82) is 0 Å². The van der Waals surface area contributed by atoms with Crippen LogP contribution in [0, 0.1) is 12.8 Å². The normalized spacial score (nSPS) is 20.1. The lowest BCUT2D eigenvalue weighted by Gasteiger charge is -2.35. The Bertz CT molecular complexity index is 1330. The van der Waals surface area contributed by atoms with E-state index in [1.54, 1.807) is 7.11 Å². The summed E-state index contributed by atoms with van der Waals surface area (Å²) in [5.74, 6) is 1.21. The molecule has 3 aromatic rings. The highest BCUT2D eigenvalue weighted by atomic mass is 16.5. The fourth-order valence-corrected chi connectivity index (χ4v) is 6.15. The number of nitrogens with zero attached hydrogens (tertiary/aromatic N) is 2. The van der Waals surface area contributed by atoms with Gasteiger partial charge < -0.3 is 26.0 Å². The van der Waals surface area contributed by atoms with Gasteiger partial charge in [0.05, 0.1) is 6.61 Å². The summed E-state index contributed by atoms with van der Waals surface area (Å²) in [4.78, 5) is 33.3. The molecule has 40 heavy (non-hydrogen) atoms. The van der Waals surface area contributed by atoms with E-state index >= 15 is 0 Å². The zero-order chi connectivity index (χ0) is 28.1. The first-order chi connectivity index (χ1) is 19.4. The Labute approximate surface area is 236 Å². The summed E-state index contributed by atoms with van der Waals surface area (Å²) in [5, 5.41) is 6.10. The summed E-state index contributed by atoms with van der Waals surface area (Å²) < 4.78 is 5.12. The second-order valence-corrected chi connectivity index (χ2v) is 10.9. The number of aryl methyl sites for hydroxylation is 1. The van der Waals surface area contributed by atoms with Crippen LogP contribution in [0.15, 0.2) is 60.7 Å². The molecule has 8 heteroatoms. The van der Waals surface area contributed by atoms with E-state index in [4.69, 9.17) is 15.5 Å². The number of aromatic nitrogens is 1. The molecular formula is C32H39N5O3. The topological polar surface area (TPSA) is 110 Å². The molecule has 5 rings (SSSR count). The quantitative estimate of drug-likeness (QED) is 0.272. The van der Waals surface area contributed by atoms with E-state index in [1.807, 2.05) is 67.6 Å². The average Bonchev–Trinajstić information content (AvgIpc) is 3.36. The highest BCUT2D eigenvalue weighted by Crippen LogP contribution is 2.42. The van der Waals surface area contributed by atoms with Crippen LogP contribution in [0.5, 0.6) is 0 Å². The molecule has 2 aliphatic rings. The monoisotopic (exact) mass is 541 g/mol. The number of fused-ring (bicyclic) bond motifs is 1. The first kappa shape index (κ1) is 27.6. The summed E-state index contributed by atoms with van der Waals surface area (Å²) in [6, 6.07) is 19.3. The van der Waals surface area contributed by atoms with Gasteiger partial charge in [0, 0.05) is 43.2 Å². The molecule has 4 N–H and O–H groups in total. The number of methoxy groups -OCH3 is 1. The molecule has 0 bridgehead atoms. The zero-order valence-corrected chi connectivity index (χ0v) is 23.4. The van der Waals surface area contributed by atoms with Crippen molar-refractivity contribution in [3.63, 3.8) is 0 Å². The number of ether oxygens (including phenoxy) is 1. The molecule has 2 aromatic carbocycles.